The molecule has 0 fully saturated rings. The molecule has 3 rings (SSSR count). The van der Waals surface area contributed by atoms with Gasteiger partial charge in [-0.1, -0.05) is 11.6 Å². The molecule has 0 unspecified atom stereocenters. The smallest absolute Gasteiger partial charge is 0.262 e. The minimum absolute atomic E-state index is 0.0256. The van der Waals surface area contributed by atoms with E-state index in [1.165, 1.54) is 17.5 Å². The summed E-state index contributed by atoms with van der Waals surface area (Å²) in [5.41, 5.74) is 1.11. The second-order valence-corrected chi connectivity index (χ2v) is 5.76. The SMILES string of the molecule is Cc1csc(NC(=O)c2c[nH]c3ccc(Cl)cc3c2=O)n1. The summed E-state index contributed by atoms with van der Waals surface area (Å²) in [5, 5.41) is 5.72. The largest absolute Gasteiger partial charge is 0.360 e. The van der Waals surface area contributed by atoms with Gasteiger partial charge in [0.05, 0.1) is 5.69 Å². The normalized spacial score (nSPS) is 10.8. The second-order valence-electron chi connectivity index (χ2n) is 4.47. The average molecular weight is 320 g/mol. The van der Waals surface area contributed by atoms with Crippen molar-refractivity contribution in [3.05, 3.63) is 56.3 Å². The fraction of sp³-hybridized carbons (Fsp3) is 0.0714. The monoisotopic (exact) mass is 319 g/mol. The van der Waals surface area contributed by atoms with Crippen LogP contribution in [0.4, 0.5) is 5.13 Å². The number of hydrogen-bond donors (Lipinski definition) is 2. The fourth-order valence-electron chi connectivity index (χ4n) is 1.94. The van der Waals surface area contributed by atoms with E-state index in [0.29, 0.717) is 21.1 Å². The number of benzene rings is 1. The summed E-state index contributed by atoms with van der Waals surface area (Å²) in [5.74, 6) is -0.493. The average Bonchev–Trinajstić information content (AvgIpc) is 2.85. The van der Waals surface area contributed by atoms with E-state index >= 15 is 0 Å². The topological polar surface area (TPSA) is 74.8 Å². The maximum atomic E-state index is 12.4. The summed E-state index contributed by atoms with van der Waals surface area (Å²) in [6, 6.07) is 4.92. The van der Waals surface area contributed by atoms with Gasteiger partial charge in [0, 0.05) is 27.5 Å². The molecule has 0 bridgehead atoms. The molecule has 0 aliphatic carbocycles. The predicted octanol–water partition coefficient (Wildman–Crippen LogP) is 3.20. The zero-order valence-electron chi connectivity index (χ0n) is 10.9. The van der Waals surface area contributed by atoms with Crippen molar-refractivity contribution in [2.75, 3.05) is 5.32 Å². The predicted molar refractivity (Wildman–Crippen MR) is 84.4 cm³/mol. The molecular weight excluding hydrogens is 310 g/mol. The number of nitrogens with zero attached hydrogens (tertiary/aromatic N) is 1. The third-order valence-corrected chi connectivity index (χ3v) is 4.04. The quantitative estimate of drug-likeness (QED) is 0.761. The molecule has 2 heterocycles. The van der Waals surface area contributed by atoms with Crippen molar-refractivity contribution in [2.24, 2.45) is 0 Å². The van der Waals surface area contributed by atoms with Crippen molar-refractivity contribution in [1.82, 2.24) is 9.97 Å². The van der Waals surface area contributed by atoms with E-state index in [2.05, 4.69) is 15.3 Å². The summed E-state index contributed by atoms with van der Waals surface area (Å²) in [6.45, 7) is 1.83. The summed E-state index contributed by atoms with van der Waals surface area (Å²) in [6.07, 6.45) is 1.40. The number of halogens is 1. The molecule has 0 atom stereocenters. The van der Waals surface area contributed by atoms with Gasteiger partial charge < -0.3 is 4.98 Å². The number of pyridine rings is 1. The first kappa shape index (κ1) is 13.8. The number of aromatic nitrogens is 2. The Morgan fingerprint density at radius 2 is 2.24 bits per heavy atom. The first-order chi connectivity index (χ1) is 10.0. The molecule has 3 aromatic rings. The van der Waals surface area contributed by atoms with Crippen LogP contribution in [0, 0.1) is 6.92 Å². The number of amides is 1. The number of aryl methyl sites for hydroxylation is 1. The van der Waals surface area contributed by atoms with Crippen LogP contribution in [0.2, 0.25) is 5.02 Å². The molecule has 2 aromatic heterocycles. The third kappa shape index (κ3) is 2.68. The lowest BCUT2D eigenvalue weighted by atomic mass is 10.1. The second kappa shape index (κ2) is 5.31. The third-order valence-electron chi connectivity index (χ3n) is 2.93. The number of rotatable bonds is 2. The number of anilines is 1. The molecule has 21 heavy (non-hydrogen) atoms. The number of fused-ring (bicyclic) bond motifs is 1. The summed E-state index contributed by atoms with van der Waals surface area (Å²) in [7, 11) is 0. The minimum atomic E-state index is -0.493. The first-order valence-corrected chi connectivity index (χ1v) is 7.35. The number of hydrogen-bond acceptors (Lipinski definition) is 4. The molecule has 0 aliphatic rings. The van der Waals surface area contributed by atoms with Crippen LogP contribution >= 0.6 is 22.9 Å². The fourth-order valence-corrected chi connectivity index (χ4v) is 2.79. The van der Waals surface area contributed by atoms with E-state index in [1.54, 1.807) is 18.2 Å². The molecule has 0 aliphatic heterocycles. The van der Waals surface area contributed by atoms with Gasteiger partial charge in [-0.05, 0) is 25.1 Å². The van der Waals surface area contributed by atoms with Crippen LogP contribution < -0.4 is 10.7 Å². The standard InChI is InChI=1S/C14H10ClN3O2S/c1-7-6-21-14(17-7)18-13(20)10-5-16-11-3-2-8(15)4-9(11)12(10)19/h2-6H,1H3,(H,16,19)(H,17,18,20). The highest BCUT2D eigenvalue weighted by molar-refractivity contribution is 7.13. The molecule has 0 saturated carbocycles. The molecular formula is C14H10ClN3O2S. The molecule has 2 N–H and O–H groups in total. The number of thiazole rings is 1. The number of aromatic amines is 1. The highest BCUT2D eigenvalue weighted by Crippen LogP contribution is 2.17. The number of carbonyl (C=O) groups is 1. The minimum Gasteiger partial charge on any atom is -0.360 e. The lowest BCUT2D eigenvalue weighted by molar-refractivity contribution is 0.102. The van der Waals surface area contributed by atoms with Gasteiger partial charge >= 0.3 is 0 Å². The van der Waals surface area contributed by atoms with E-state index in [0.717, 1.165) is 5.69 Å². The van der Waals surface area contributed by atoms with E-state index in [1.807, 2.05) is 12.3 Å². The summed E-state index contributed by atoms with van der Waals surface area (Å²) < 4.78 is 0. The van der Waals surface area contributed by atoms with Crippen LogP contribution in [-0.4, -0.2) is 15.9 Å². The van der Waals surface area contributed by atoms with Crippen molar-refractivity contribution in [2.45, 2.75) is 6.92 Å². The lowest BCUT2D eigenvalue weighted by Gasteiger charge is -2.03. The van der Waals surface area contributed by atoms with Crippen molar-refractivity contribution in [1.29, 1.82) is 0 Å². The van der Waals surface area contributed by atoms with Crippen LogP contribution in [0.1, 0.15) is 16.1 Å². The van der Waals surface area contributed by atoms with Gasteiger partial charge in [0.25, 0.3) is 5.91 Å². The van der Waals surface area contributed by atoms with Crippen LogP contribution in [0.15, 0.2) is 34.6 Å². The molecule has 0 saturated heterocycles. The highest BCUT2D eigenvalue weighted by Gasteiger charge is 2.14. The zero-order valence-corrected chi connectivity index (χ0v) is 12.5. The molecule has 1 aromatic carbocycles. The van der Waals surface area contributed by atoms with Gasteiger partial charge in [0.2, 0.25) is 5.43 Å². The first-order valence-electron chi connectivity index (χ1n) is 6.09. The van der Waals surface area contributed by atoms with Gasteiger partial charge in [-0.15, -0.1) is 11.3 Å². The summed E-state index contributed by atoms with van der Waals surface area (Å²) >= 11 is 7.20. The van der Waals surface area contributed by atoms with Crippen molar-refractivity contribution < 1.29 is 4.79 Å². The highest BCUT2D eigenvalue weighted by atomic mass is 35.5. The Balaban J connectivity index is 2.02. The van der Waals surface area contributed by atoms with Crippen LogP contribution in [-0.2, 0) is 0 Å². The number of H-pyrrole nitrogens is 1. The maximum Gasteiger partial charge on any atom is 0.262 e. The van der Waals surface area contributed by atoms with Gasteiger partial charge in [-0.25, -0.2) is 4.98 Å². The summed E-state index contributed by atoms with van der Waals surface area (Å²) in [4.78, 5) is 31.6. The van der Waals surface area contributed by atoms with Crippen LogP contribution in [0.25, 0.3) is 10.9 Å². The van der Waals surface area contributed by atoms with Gasteiger partial charge in [0.1, 0.15) is 5.56 Å². The van der Waals surface area contributed by atoms with Gasteiger partial charge in [-0.2, -0.15) is 0 Å². The number of nitrogens with one attached hydrogen (secondary N) is 2. The number of carbonyl (C=O) groups excluding carboxylic acids is 1. The van der Waals surface area contributed by atoms with E-state index in [9.17, 15) is 9.59 Å². The molecule has 5 nitrogen and oxygen atoms in total. The molecule has 106 valence electrons. The van der Waals surface area contributed by atoms with E-state index in [-0.39, 0.29) is 11.0 Å². The Hall–Kier alpha value is -2.18. The van der Waals surface area contributed by atoms with E-state index in [4.69, 9.17) is 11.6 Å². The Morgan fingerprint density at radius 1 is 1.43 bits per heavy atom. The maximum absolute atomic E-state index is 12.4. The van der Waals surface area contributed by atoms with Crippen molar-refractivity contribution in [3.63, 3.8) is 0 Å². The Kier molecular flexibility index (Phi) is 3.48. The Labute approximate surface area is 128 Å². The van der Waals surface area contributed by atoms with Crippen molar-refractivity contribution >= 4 is 44.9 Å². The molecule has 0 spiro atoms. The Morgan fingerprint density at radius 3 is 2.95 bits per heavy atom. The van der Waals surface area contributed by atoms with Crippen molar-refractivity contribution in [3.8, 4) is 0 Å². The lowest BCUT2D eigenvalue weighted by Crippen LogP contribution is -2.21. The molecule has 7 heteroatoms. The van der Waals surface area contributed by atoms with Crippen LogP contribution in [0.3, 0.4) is 0 Å². The van der Waals surface area contributed by atoms with Gasteiger partial charge in [0.15, 0.2) is 5.13 Å². The zero-order chi connectivity index (χ0) is 15.0. The van der Waals surface area contributed by atoms with E-state index < -0.39 is 5.91 Å². The molecule has 1 amide bonds. The Bertz CT molecular complexity index is 901. The molecule has 0 radical (unpaired) electrons. The van der Waals surface area contributed by atoms with Crippen LogP contribution in [0.5, 0.6) is 0 Å². The van der Waals surface area contributed by atoms with Gasteiger partial charge in [-0.3, -0.25) is 14.9 Å².